The normalized spacial score (nSPS) is 11.9. The average Bonchev–Trinajstić information content (AvgIpc) is 3.59. The first kappa shape index (κ1) is 45.9. The third-order valence-corrected chi connectivity index (χ3v) is 16.8. The van der Waals surface area contributed by atoms with Gasteiger partial charge in [0.05, 0.1) is 60.9 Å². The van der Waals surface area contributed by atoms with Crippen molar-refractivity contribution in [2.24, 2.45) is 0 Å². The van der Waals surface area contributed by atoms with Gasteiger partial charge in [0.15, 0.2) is 0 Å². The van der Waals surface area contributed by atoms with Crippen LogP contribution >= 0.6 is 0 Å². The number of hydrogen-bond donors (Lipinski definition) is 0. The Hall–Kier alpha value is -11.1. The van der Waals surface area contributed by atoms with Gasteiger partial charge in [-0.05, 0) is 155 Å². The second kappa shape index (κ2) is 18.2. The maximum atomic E-state index is 5.61. The topological polar surface area (TPSA) is 45.5 Å². The maximum Gasteiger partial charge on any atom is 0.0970 e. The number of hydrogen-bond acceptors (Lipinski definition) is 2. The van der Waals surface area contributed by atoms with Crippen molar-refractivity contribution in [3.05, 3.63) is 291 Å². The van der Waals surface area contributed by atoms with Crippen LogP contribution in [0.4, 0.5) is 0 Å². The molecule has 6 heterocycles. The van der Waals surface area contributed by atoms with Crippen LogP contribution in [-0.4, -0.2) is 28.2 Å². The monoisotopic (exact) mass is 1040 g/mol. The summed E-state index contributed by atoms with van der Waals surface area (Å²) in [6, 6.07) is 103. The minimum Gasteiger partial charge on any atom is -0.309 e. The first-order valence-corrected chi connectivity index (χ1v) is 28.0. The molecule has 6 heteroatoms. The lowest BCUT2D eigenvalue weighted by molar-refractivity contribution is 1.13. The van der Waals surface area contributed by atoms with Crippen molar-refractivity contribution in [1.82, 2.24) is 28.2 Å². The summed E-state index contributed by atoms with van der Waals surface area (Å²) < 4.78 is 9.52. The van der Waals surface area contributed by atoms with Gasteiger partial charge in [0, 0.05) is 66.8 Å². The molecule has 0 aliphatic carbocycles. The van der Waals surface area contributed by atoms with Crippen LogP contribution < -0.4 is 0 Å². The fourth-order valence-electron chi connectivity index (χ4n) is 13.1. The van der Waals surface area contributed by atoms with Crippen LogP contribution in [0.3, 0.4) is 0 Å². The van der Waals surface area contributed by atoms with Gasteiger partial charge >= 0.3 is 0 Å². The average molecular weight is 1050 g/mol. The van der Waals surface area contributed by atoms with Crippen molar-refractivity contribution in [2.45, 2.75) is 0 Å². The summed E-state index contributed by atoms with van der Waals surface area (Å²) in [5.41, 5.74) is 24.3. The van der Waals surface area contributed by atoms with Crippen LogP contribution in [0.1, 0.15) is 0 Å². The molecule has 17 aromatic rings. The van der Waals surface area contributed by atoms with E-state index in [4.69, 9.17) is 9.97 Å². The number of nitrogens with zero attached hydrogens (tertiary/aromatic N) is 6. The molecule has 0 bridgehead atoms. The lowest BCUT2D eigenvalue weighted by Crippen LogP contribution is -2.00. The third-order valence-electron chi connectivity index (χ3n) is 16.8. The standard InChI is InChI=1S/C76H48N6/c1-4-18-49(19-5-1)55-43-58(81-68-30-14-11-27-62(68)75-72(81)32-17-41-77-75)48-59(44-55)82-69-31-15-12-28-63(69)76-73(82)40-37-66(78-76)54-33-36-61-65-46-53(35-39-71(65)80(74(61)47-54)57-24-8-3-9-25-57)51-21-16-20-50(42-51)52-34-38-70-64(45-52)60-26-10-13-29-67(60)79(70)56-22-6-2-7-23-56/h1-48H. The summed E-state index contributed by atoms with van der Waals surface area (Å²) in [5, 5.41) is 7.10. The highest BCUT2D eigenvalue weighted by molar-refractivity contribution is 6.14. The molecule has 6 aromatic heterocycles. The van der Waals surface area contributed by atoms with E-state index in [2.05, 4.69) is 297 Å². The highest BCUT2D eigenvalue weighted by Crippen LogP contribution is 2.42. The van der Waals surface area contributed by atoms with Crippen LogP contribution in [0.25, 0.3) is 155 Å². The second-order valence-electron chi connectivity index (χ2n) is 21.4. The Kier molecular flexibility index (Phi) is 10.2. The van der Waals surface area contributed by atoms with Crippen LogP contribution in [0.15, 0.2) is 291 Å². The number of benzene rings is 11. The quantitative estimate of drug-likeness (QED) is 0.152. The Morgan fingerprint density at radius 2 is 0.646 bits per heavy atom. The molecule has 0 unspecified atom stereocenters. The molecular weight excluding hydrogens is 997 g/mol. The molecule has 0 spiro atoms. The zero-order valence-corrected chi connectivity index (χ0v) is 44.4. The number of pyridine rings is 2. The molecule has 382 valence electrons. The van der Waals surface area contributed by atoms with Gasteiger partial charge < -0.3 is 18.3 Å². The minimum absolute atomic E-state index is 0.916. The van der Waals surface area contributed by atoms with Gasteiger partial charge in [-0.15, -0.1) is 0 Å². The van der Waals surface area contributed by atoms with Crippen LogP contribution in [0.2, 0.25) is 0 Å². The third kappa shape index (κ3) is 7.15. The Morgan fingerprint density at radius 3 is 1.28 bits per heavy atom. The summed E-state index contributed by atoms with van der Waals surface area (Å²) in [7, 11) is 0. The van der Waals surface area contributed by atoms with E-state index in [-0.39, 0.29) is 0 Å². The van der Waals surface area contributed by atoms with Crippen molar-refractivity contribution in [2.75, 3.05) is 0 Å². The van der Waals surface area contributed by atoms with Gasteiger partial charge in [0.1, 0.15) is 0 Å². The van der Waals surface area contributed by atoms with E-state index >= 15 is 0 Å². The van der Waals surface area contributed by atoms with E-state index in [0.717, 1.165) is 100 Å². The SMILES string of the molecule is c1ccc(-c2cc(-n3c4ccccc4c4ncccc43)cc(-n3c4ccccc4c4nc(-c5ccc6c7cc(-c8cccc(-c9ccc%10c(c9)c9ccccc9n%10-c9ccccc9)c8)ccc7n(-c7ccccc7)c6c5)ccc43)c2)cc1. The van der Waals surface area contributed by atoms with Gasteiger partial charge in [-0.3, -0.25) is 4.98 Å². The molecule has 11 aromatic carbocycles. The number of fused-ring (bicyclic) bond motifs is 12. The molecule has 0 fully saturated rings. The summed E-state index contributed by atoms with van der Waals surface area (Å²) in [6.07, 6.45) is 1.89. The van der Waals surface area contributed by atoms with Gasteiger partial charge in [-0.25, -0.2) is 4.98 Å². The predicted molar refractivity (Wildman–Crippen MR) is 341 cm³/mol. The van der Waals surface area contributed by atoms with Crippen molar-refractivity contribution in [3.8, 4) is 67.4 Å². The summed E-state index contributed by atoms with van der Waals surface area (Å²) in [6.45, 7) is 0. The van der Waals surface area contributed by atoms with E-state index in [0.29, 0.717) is 0 Å². The fourth-order valence-corrected chi connectivity index (χ4v) is 13.1. The predicted octanol–water partition coefficient (Wildman–Crippen LogP) is 19.5. The summed E-state index contributed by atoms with van der Waals surface area (Å²) in [5.74, 6) is 0. The Balaban J connectivity index is 0.788. The molecule has 0 atom stereocenters. The molecule has 17 rings (SSSR count). The Bertz CT molecular complexity index is 5340. The van der Waals surface area contributed by atoms with Crippen molar-refractivity contribution >= 4 is 87.5 Å². The van der Waals surface area contributed by atoms with E-state index in [1.807, 2.05) is 12.3 Å². The molecule has 0 saturated carbocycles. The van der Waals surface area contributed by atoms with Crippen molar-refractivity contribution in [1.29, 1.82) is 0 Å². The lowest BCUT2D eigenvalue weighted by atomic mass is 9.97. The van der Waals surface area contributed by atoms with E-state index in [1.165, 1.54) is 54.8 Å². The number of aromatic nitrogens is 6. The van der Waals surface area contributed by atoms with E-state index in [9.17, 15) is 0 Å². The van der Waals surface area contributed by atoms with E-state index in [1.54, 1.807) is 0 Å². The molecule has 0 saturated heterocycles. The zero-order chi connectivity index (χ0) is 53.8. The highest BCUT2D eigenvalue weighted by atomic mass is 15.0. The maximum absolute atomic E-state index is 5.61. The first-order chi connectivity index (χ1) is 40.7. The van der Waals surface area contributed by atoms with Crippen LogP contribution in [0, 0.1) is 0 Å². The molecule has 0 N–H and O–H groups in total. The number of para-hydroxylation sites is 5. The van der Waals surface area contributed by atoms with Crippen LogP contribution in [-0.2, 0) is 0 Å². The number of rotatable bonds is 8. The van der Waals surface area contributed by atoms with E-state index < -0.39 is 0 Å². The van der Waals surface area contributed by atoms with Gasteiger partial charge in [0.2, 0.25) is 0 Å². The smallest absolute Gasteiger partial charge is 0.0970 e. The van der Waals surface area contributed by atoms with Gasteiger partial charge in [-0.2, -0.15) is 0 Å². The molecular formula is C76H48N6. The first-order valence-electron chi connectivity index (χ1n) is 28.0. The van der Waals surface area contributed by atoms with Gasteiger partial charge in [-0.1, -0.05) is 164 Å². The van der Waals surface area contributed by atoms with Crippen molar-refractivity contribution in [3.63, 3.8) is 0 Å². The molecule has 6 nitrogen and oxygen atoms in total. The molecule has 0 aliphatic heterocycles. The summed E-state index contributed by atoms with van der Waals surface area (Å²) in [4.78, 5) is 10.5. The Morgan fingerprint density at radius 1 is 0.207 bits per heavy atom. The summed E-state index contributed by atoms with van der Waals surface area (Å²) >= 11 is 0. The highest BCUT2D eigenvalue weighted by Gasteiger charge is 2.21. The molecule has 0 aliphatic rings. The van der Waals surface area contributed by atoms with Crippen molar-refractivity contribution < 1.29 is 0 Å². The largest absolute Gasteiger partial charge is 0.309 e. The minimum atomic E-state index is 0.916. The lowest BCUT2D eigenvalue weighted by Gasteiger charge is -2.16. The molecule has 82 heavy (non-hydrogen) atoms. The Labute approximate surface area is 471 Å². The molecule has 0 radical (unpaired) electrons. The van der Waals surface area contributed by atoms with Crippen LogP contribution in [0.5, 0.6) is 0 Å². The second-order valence-corrected chi connectivity index (χ2v) is 21.4. The molecule has 0 amide bonds. The van der Waals surface area contributed by atoms with Gasteiger partial charge in [0.25, 0.3) is 0 Å². The zero-order valence-electron chi connectivity index (χ0n) is 44.4. The fraction of sp³-hybridized carbons (Fsp3) is 0.